The van der Waals surface area contributed by atoms with Crippen LogP contribution in [0.2, 0.25) is 0 Å². The molecule has 0 aliphatic heterocycles. The van der Waals surface area contributed by atoms with Gasteiger partial charge in [-0.1, -0.05) is 13.8 Å². The fraction of sp³-hybridized carbons (Fsp3) is 0.571. The molecule has 1 rings (SSSR count). The molecule has 0 aliphatic carbocycles. The number of aromatic nitrogens is 1. The van der Waals surface area contributed by atoms with Crippen LogP contribution in [-0.4, -0.2) is 46.6 Å². The number of anilines is 1. The lowest BCUT2D eigenvalue weighted by molar-refractivity contribution is 0.0697. The summed E-state index contributed by atoms with van der Waals surface area (Å²) < 4.78 is 0. The Bertz CT molecular complexity index is 431. The molecule has 0 saturated heterocycles. The first-order valence-electron chi connectivity index (χ1n) is 6.67. The number of hydrogen-bond donors (Lipinski definition) is 2. The van der Waals surface area contributed by atoms with E-state index < -0.39 is 5.97 Å². The number of aromatic carboxylic acids is 1. The highest BCUT2D eigenvalue weighted by atomic mass is 16.4. The molecule has 1 aromatic heterocycles. The standard InChI is InChI=1S/C14H23N3O2/c1-5-17(6-2)9-11(4)16-13-12(14(18)19)8-7-10(3)15-13/h7-8,11H,5-6,9H2,1-4H3,(H,15,16)(H,18,19). The molecular weight excluding hydrogens is 242 g/mol. The zero-order chi connectivity index (χ0) is 14.4. The fourth-order valence-electron chi connectivity index (χ4n) is 1.99. The number of rotatable bonds is 7. The maximum absolute atomic E-state index is 11.2. The maximum atomic E-state index is 11.2. The lowest BCUT2D eigenvalue weighted by Gasteiger charge is -2.24. The summed E-state index contributed by atoms with van der Waals surface area (Å²) in [6.45, 7) is 10.9. The number of pyridine rings is 1. The van der Waals surface area contributed by atoms with Gasteiger partial charge in [0.2, 0.25) is 0 Å². The quantitative estimate of drug-likeness (QED) is 0.791. The zero-order valence-electron chi connectivity index (χ0n) is 12.1. The number of nitrogens with zero attached hydrogens (tertiary/aromatic N) is 2. The highest BCUT2D eigenvalue weighted by molar-refractivity contribution is 5.93. The Hall–Kier alpha value is -1.62. The maximum Gasteiger partial charge on any atom is 0.339 e. The largest absolute Gasteiger partial charge is 0.478 e. The van der Waals surface area contributed by atoms with E-state index in [4.69, 9.17) is 5.11 Å². The molecule has 0 fully saturated rings. The normalized spacial score (nSPS) is 12.5. The highest BCUT2D eigenvalue weighted by Crippen LogP contribution is 2.14. The third-order valence-corrected chi connectivity index (χ3v) is 3.07. The molecule has 0 amide bonds. The van der Waals surface area contributed by atoms with Crippen molar-refractivity contribution in [1.82, 2.24) is 9.88 Å². The van der Waals surface area contributed by atoms with Gasteiger partial charge in [-0.25, -0.2) is 9.78 Å². The molecule has 1 aromatic rings. The van der Waals surface area contributed by atoms with Crippen LogP contribution in [0, 0.1) is 6.92 Å². The average Bonchev–Trinajstić information content (AvgIpc) is 2.35. The van der Waals surface area contributed by atoms with Gasteiger partial charge in [0.05, 0.1) is 0 Å². The fourth-order valence-corrected chi connectivity index (χ4v) is 1.99. The number of hydrogen-bond acceptors (Lipinski definition) is 4. The van der Waals surface area contributed by atoms with Crippen molar-refractivity contribution in [3.63, 3.8) is 0 Å². The van der Waals surface area contributed by atoms with Crippen molar-refractivity contribution < 1.29 is 9.90 Å². The predicted octanol–water partition coefficient (Wildman–Crippen LogP) is 2.23. The first-order valence-corrected chi connectivity index (χ1v) is 6.67. The van der Waals surface area contributed by atoms with Crippen LogP contribution in [-0.2, 0) is 0 Å². The SMILES string of the molecule is CCN(CC)CC(C)Nc1nc(C)ccc1C(=O)O. The molecule has 0 spiro atoms. The van der Waals surface area contributed by atoms with E-state index in [0.29, 0.717) is 5.82 Å². The Labute approximate surface area is 114 Å². The van der Waals surface area contributed by atoms with Crippen LogP contribution in [0.25, 0.3) is 0 Å². The van der Waals surface area contributed by atoms with Crippen molar-refractivity contribution in [2.75, 3.05) is 25.0 Å². The second-order valence-electron chi connectivity index (χ2n) is 4.69. The molecule has 106 valence electrons. The van der Waals surface area contributed by atoms with Gasteiger partial charge in [0, 0.05) is 18.3 Å². The van der Waals surface area contributed by atoms with Gasteiger partial charge >= 0.3 is 5.97 Å². The van der Waals surface area contributed by atoms with Crippen molar-refractivity contribution in [2.24, 2.45) is 0 Å². The molecular formula is C14H23N3O2. The first kappa shape index (κ1) is 15.4. The summed E-state index contributed by atoms with van der Waals surface area (Å²) >= 11 is 0. The first-order chi connectivity index (χ1) is 8.97. The van der Waals surface area contributed by atoms with Crippen LogP contribution in [0.3, 0.4) is 0 Å². The highest BCUT2D eigenvalue weighted by Gasteiger charge is 2.14. The Morgan fingerprint density at radius 2 is 2.05 bits per heavy atom. The lowest BCUT2D eigenvalue weighted by atomic mass is 10.2. The third kappa shape index (κ3) is 4.52. The van der Waals surface area contributed by atoms with E-state index in [2.05, 4.69) is 29.0 Å². The van der Waals surface area contributed by atoms with E-state index in [-0.39, 0.29) is 11.6 Å². The summed E-state index contributed by atoms with van der Waals surface area (Å²) in [4.78, 5) is 17.7. The van der Waals surface area contributed by atoms with Crippen molar-refractivity contribution in [3.8, 4) is 0 Å². The van der Waals surface area contributed by atoms with Crippen molar-refractivity contribution >= 4 is 11.8 Å². The van der Waals surface area contributed by atoms with Gasteiger partial charge in [-0.05, 0) is 39.1 Å². The van der Waals surface area contributed by atoms with Gasteiger partial charge in [-0.3, -0.25) is 0 Å². The van der Waals surface area contributed by atoms with E-state index in [1.807, 2.05) is 13.8 Å². The van der Waals surface area contributed by atoms with Gasteiger partial charge in [0.25, 0.3) is 0 Å². The van der Waals surface area contributed by atoms with Gasteiger partial charge < -0.3 is 15.3 Å². The molecule has 0 aliphatic rings. The second-order valence-corrected chi connectivity index (χ2v) is 4.69. The van der Waals surface area contributed by atoms with E-state index in [1.165, 1.54) is 0 Å². The van der Waals surface area contributed by atoms with Gasteiger partial charge in [-0.2, -0.15) is 0 Å². The number of likely N-dealkylation sites (N-methyl/N-ethyl adjacent to an activating group) is 1. The number of carboxylic acid groups (broad SMARTS) is 1. The molecule has 2 N–H and O–H groups in total. The number of carboxylic acids is 1. The Balaban J connectivity index is 2.80. The van der Waals surface area contributed by atoms with Crippen molar-refractivity contribution in [3.05, 3.63) is 23.4 Å². The Kier molecular flexibility index (Phi) is 5.76. The molecule has 19 heavy (non-hydrogen) atoms. The molecule has 0 saturated carbocycles. The minimum Gasteiger partial charge on any atom is -0.478 e. The number of carbonyl (C=O) groups is 1. The second kappa shape index (κ2) is 7.09. The molecule has 0 bridgehead atoms. The van der Waals surface area contributed by atoms with E-state index in [0.717, 1.165) is 25.3 Å². The van der Waals surface area contributed by atoms with E-state index in [9.17, 15) is 4.79 Å². The van der Waals surface area contributed by atoms with Crippen LogP contribution >= 0.6 is 0 Å². The molecule has 1 unspecified atom stereocenters. The predicted molar refractivity (Wildman–Crippen MR) is 76.8 cm³/mol. The lowest BCUT2D eigenvalue weighted by Crippen LogP contribution is -2.35. The number of nitrogens with one attached hydrogen (secondary N) is 1. The minimum absolute atomic E-state index is 0.146. The summed E-state index contributed by atoms with van der Waals surface area (Å²) in [5, 5.41) is 12.4. The Morgan fingerprint density at radius 3 is 2.58 bits per heavy atom. The summed E-state index contributed by atoms with van der Waals surface area (Å²) in [7, 11) is 0. The smallest absolute Gasteiger partial charge is 0.339 e. The van der Waals surface area contributed by atoms with Crippen LogP contribution in [0.5, 0.6) is 0 Å². The summed E-state index contributed by atoms with van der Waals surface area (Å²) in [5.41, 5.74) is 1.03. The molecule has 1 heterocycles. The van der Waals surface area contributed by atoms with Gasteiger partial charge in [0.1, 0.15) is 11.4 Å². The monoisotopic (exact) mass is 265 g/mol. The Morgan fingerprint density at radius 1 is 1.42 bits per heavy atom. The average molecular weight is 265 g/mol. The molecule has 1 atom stereocenters. The molecule has 5 heteroatoms. The molecule has 0 radical (unpaired) electrons. The van der Waals surface area contributed by atoms with Gasteiger partial charge in [0.15, 0.2) is 0 Å². The molecule has 5 nitrogen and oxygen atoms in total. The van der Waals surface area contributed by atoms with Crippen molar-refractivity contribution in [2.45, 2.75) is 33.7 Å². The summed E-state index contributed by atoms with van der Waals surface area (Å²) in [6.07, 6.45) is 0. The third-order valence-electron chi connectivity index (χ3n) is 3.07. The van der Waals surface area contributed by atoms with Crippen molar-refractivity contribution in [1.29, 1.82) is 0 Å². The zero-order valence-corrected chi connectivity index (χ0v) is 12.1. The van der Waals surface area contributed by atoms with Crippen LogP contribution in [0.1, 0.15) is 36.8 Å². The van der Waals surface area contributed by atoms with Crippen LogP contribution in [0.4, 0.5) is 5.82 Å². The van der Waals surface area contributed by atoms with Gasteiger partial charge in [-0.15, -0.1) is 0 Å². The van der Waals surface area contributed by atoms with Crippen LogP contribution in [0.15, 0.2) is 12.1 Å². The van der Waals surface area contributed by atoms with Crippen LogP contribution < -0.4 is 5.32 Å². The van der Waals surface area contributed by atoms with E-state index in [1.54, 1.807) is 12.1 Å². The topological polar surface area (TPSA) is 65.5 Å². The molecule has 0 aromatic carbocycles. The van der Waals surface area contributed by atoms with E-state index >= 15 is 0 Å². The summed E-state index contributed by atoms with van der Waals surface area (Å²) in [5.74, 6) is -0.503. The summed E-state index contributed by atoms with van der Waals surface area (Å²) in [6, 6.07) is 3.45. The minimum atomic E-state index is -0.954. The number of aryl methyl sites for hydroxylation is 1.